The van der Waals surface area contributed by atoms with Crippen LogP contribution in [-0.4, -0.2) is 22.7 Å². The molecule has 1 aromatic rings. The fourth-order valence-corrected chi connectivity index (χ4v) is 1.77. The highest BCUT2D eigenvalue weighted by Crippen LogP contribution is 2.18. The molecule has 0 radical (unpaired) electrons. The summed E-state index contributed by atoms with van der Waals surface area (Å²) in [6.45, 7) is 12.0. The van der Waals surface area contributed by atoms with E-state index in [1.165, 1.54) is 6.42 Å². The zero-order valence-corrected chi connectivity index (χ0v) is 12.4. The van der Waals surface area contributed by atoms with Crippen LogP contribution in [0.1, 0.15) is 59.2 Å². The number of hydrogen-bond acceptors (Lipinski definition) is 4. The van der Waals surface area contributed by atoms with Crippen LogP contribution in [0.3, 0.4) is 0 Å². The molecule has 0 fully saturated rings. The molecule has 1 unspecified atom stereocenters. The summed E-state index contributed by atoms with van der Waals surface area (Å²) >= 11 is 0. The Bertz CT molecular complexity index is 341. The van der Waals surface area contributed by atoms with Gasteiger partial charge in [-0.15, -0.1) is 0 Å². The Morgan fingerprint density at radius 2 is 2.06 bits per heavy atom. The van der Waals surface area contributed by atoms with Gasteiger partial charge < -0.3 is 9.84 Å². The van der Waals surface area contributed by atoms with Crippen molar-refractivity contribution in [3.8, 4) is 0 Å². The van der Waals surface area contributed by atoms with Crippen molar-refractivity contribution in [3.05, 3.63) is 11.7 Å². The first-order valence-electron chi connectivity index (χ1n) is 6.95. The molecule has 0 aliphatic heterocycles. The number of nitrogens with zero attached hydrogens (tertiary/aromatic N) is 2. The molecule has 4 nitrogen and oxygen atoms in total. The third-order valence-corrected chi connectivity index (χ3v) is 2.73. The van der Waals surface area contributed by atoms with Crippen LogP contribution in [0.25, 0.3) is 0 Å². The average Bonchev–Trinajstić information content (AvgIpc) is 2.68. The van der Waals surface area contributed by atoms with Crippen LogP contribution < -0.4 is 5.32 Å². The number of rotatable bonds is 7. The zero-order chi connectivity index (χ0) is 13.6. The first kappa shape index (κ1) is 15.2. The molecule has 104 valence electrons. The van der Waals surface area contributed by atoms with Gasteiger partial charge in [-0.25, -0.2) is 0 Å². The fraction of sp³-hybridized carbons (Fsp3) is 0.857. The lowest BCUT2D eigenvalue weighted by Gasteiger charge is -2.14. The minimum absolute atomic E-state index is 0.205. The summed E-state index contributed by atoms with van der Waals surface area (Å²) in [6, 6.07) is 0.503. The van der Waals surface area contributed by atoms with Crippen LogP contribution in [0.4, 0.5) is 0 Å². The van der Waals surface area contributed by atoms with Crippen molar-refractivity contribution < 1.29 is 4.52 Å². The highest BCUT2D eigenvalue weighted by atomic mass is 16.5. The lowest BCUT2D eigenvalue weighted by molar-refractivity contribution is 0.348. The van der Waals surface area contributed by atoms with Crippen molar-refractivity contribution in [2.24, 2.45) is 5.41 Å². The lowest BCUT2D eigenvalue weighted by atomic mass is 9.92. The van der Waals surface area contributed by atoms with Crippen LogP contribution in [0.15, 0.2) is 4.52 Å². The molecule has 0 bridgehead atoms. The molecule has 1 rings (SSSR count). The van der Waals surface area contributed by atoms with E-state index >= 15 is 0 Å². The van der Waals surface area contributed by atoms with Crippen LogP contribution in [-0.2, 0) is 12.8 Å². The third kappa shape index (κ3) is 6.15. The average molecular weight is 253 g/mol. The van der Waals surface area contributed by atoms with Crippen LogP contribution in [0.2, 0.25) is 0 Å². The van der Waals surface area contributed by atoms with Gasteiger partial charge in [0.25, 0.3) is 0 Å². The smallest absolute Gasteiger partial charge is 0.226 e. The number of nitrogens with one attached hydrogen (secondary N) is 1. The molecule has 0 aliphatic rings. The van der Waals surface area contributed by atoms with E-state index in [1.54, 1.807) is 0 Å². The SMILES string of the molecule is CCCNC(C)CCc1nc(CC(C)(C)C)no1. The summed E-state index contributed by atoms with van der Waals surface area (Å²) in [5, 5.41) is 7.49. The fourth-order valence-electron chi connectivity index (χ4n) is 1.77. The maximum absolute atomic E-state index is 5.28. The molecule has 0 spiro atoms. The van der Waals surface area contributed by atoms with Crippen LogP contribution >= 0.6 is 0 Å². The van der Waals surface area contributed by atoms with E-state index in [2.05, 4.69) is 50.1 Å². The maximum atomic E-state index is 5.28. The third-order valence-electron chi connectivity index (χ3n) is 2.73. The Morgan fingerprint density at radius 3 is 2.67 bits per heavy atom. The highest BCUT2D eigenvalue weighted by molar-refractivity contribution is 4.90. The second-order valence-corrected chi connectivity index (χ2v) is 6.24. The van der Waals surface area contributed by atoms with Crippen molar-refractivity contribution in [2.45, 2.75) is 66.3 Å². The van der Waals surface area contributed by atoms with Crippen molar-refractivity contribution in [1.82, 2.24) is 15.5 Å². The van der Waals surface area contributed by atoms with E-state index < -0.39 is 0 Å². The zero-order valence-electron chi connectivity index (χ0n) is 12.4. The Balaban J connectivity index is 2.35. The normalized spacial score (nSPS) is 13.8. The van der Waals surface area contributed by atoms with Gasteiger partial charge in [-0.1, -0.05) is 32.9 Å². The van der Waals surface area contributed by atoms with Gasteiger partial charge in [0.1, 0.15) is 0 Å². The summed E-state index contributed by atoms with van der Waals surface area (Å²) in [6.07, 6.45) is 3.92. The molecule has 0 amide bonds. The first-order valence-corrected chi connectivity index (χ1v) is 6.95. The molecule has 1 atom stereocenters. The van der Waals surface area contributed by atoms with E-state index in [0.29, 0.717) is 6.04 Å². The van der Waals surface area contributed by atoms with Crippen molar-refractivity contribution in [1.29, 1.82) is 0 Å². The molecule has 1 aromatic heterocycles. The summed E-state index contributed by atoms with van der Waals surface area (Å²) in [5.74, 6) is 1.59. The minimum atomic E-state index is 0.205. The highest BCUT2D eigenvalue weighted by Gasteiger charge is 2.16. The van der Waals surface area contributed by atoms with Gasteiger partial charge in [0.2, 0.25) is 5.89 Å². The Labute approximate surface area is 111 Å². The second-order valence-electron chi connectivity index (χ2n) is 6.24. The van der Waals surface area contributed by atoms with Gasteiger partial charge in [0, 0.05) is 18.9 Å². The van der Waals surface area contributed by atoms with E-state index in [0.717, 1.165) is 37.5 Å². The van der Waals surface area contributed by atoms with Gasteiger partial charge in [-0.05, 0) is 31.7 Å². The molecule has 4 heteroatoms. The predicted molar refractivity (Wildman–Crippen MR) is 73.5 cm³/mol. The lowest BCUT2D eigenvalue weighted by Crippen LogP contribution is -2.27. The van der Waals surface area contributed by atoms with E-state index in [-0.39, 0.29) is 5.41 Å². The maximum Gasteiger partial charge on any atom is 0.226 e. The molecular formula is C14H27N3O. The molecule has 0 aliphatic carbocycles. The largest absolute Gasteiger partial charge is 0.339 e. The van der Waals surface area contributed by atoms with Crippen molar-refractivity contribution in [3.63, 3.8) is 0 Å². The summed E-state index contributed by atoms with van der Waals surface area (Å²) in [4.78, 5) is 4.44. The van der Waals surface area contributed by atoms with Gasteiger partial charge in [0.15, 0.2) is 5.82 Å². The number of hydrogen-bond donors (Lipinski definition) is 1. The Hall–Kier alpha value is -0.900. The van der Waals surface area contributed by atoms with Gasteiger partial charge >= 0.3 is 0 Å². The summed E-state index contributed by atoms with van der Waals surface area (Å²) < 4.78 is 5.28. The van der Waals surface area contributed by atoms with Crippen LogP contribution in [0.5, 0.6) is 0 Å². The molecule has 1 N–H and O–H groups in total. The first-order chi connectivity index (χ1) is 8.40. The molecule has 18 heavy (non-hydrogen) atoms. The van der Waals surface area contributed by atoms with Gasteiger partial charge in [0.05, 0.1) is 0 Å². The standard InChI is InChI=1S/C14H27N3O/c1-6-9-15-11(2)7-8-13-16-12(17-18-13)10-14(3,4)5/h11,15H,6-10H2,1-5H3. The molecule has 0 saturated heterocycles. The van der Waals surface area contributed by atoms with Crippen molar-refractivity contribution >= 4 is 0 Å². The second kappa shape index (κ2) is 6.88. The van der Waals surface area contributed by atoms with Gasteiger partial charge in [-0.2, -0.15) is 4.98 Å². The summed E-state index contributed by atoms with van der Waals surface area (Å²) in [5.41, 5.74) is 0.205. The Kier molecular flexibility index (Phi) is 5.79. The van der Waals surface area contributed by atoms with Crippen molar-refractivity contribution in [2.75, 3.05) is 6.54 Å². The van der Waals surface area contributed by atoms with Crippen LogP contribution in [0, 0.1) is 5.41 Å². The topological polar surface area (TPSA) is 51.0 Å². The Morgan fingerprint density at radius 1 is 1.33 bits per heavy atom. The van der Waals surface area contributed by atoms with E-state index in [9.17, 15) is 0 Å². The van der Waals surface area contributed by atoms with Gasteiger partial charge in [-0.3, -0.25) is 0 Å². The van der Waals surface area contributed by atoms with E-state index in [1.807, 2.05) is 0 Å². The minimum Gasteiger partial charge on any atom is -0.339 e. The molecular weight excluding hydrogens is 226 g/mol. The molecule has 0 aromatic carbocycles. The van der Waals surface area contributed by atoms with E-state index in [4.69, 9.17) is 4.52 Å². The molecule has 1 heterocycles. The molecule has 0 saturated carbocycles. The predicted octanol–water partition coefficient (Wildman–Crippen LogP) is 2.98. The monoisotopic (exact) mass is 253 g/mol. The quantitative estimate of drug-likeness (QED) is 0.811. The summed E-state index contributed by atoms with van der Waals surface area (Å²) in [7, 11) is 0. The number of aryl methyl sites for hydroxylation is 1. The number of aromatic nitrogens is 2.